The van der Waals surface area contributed by atoms with E-state index in [1.54, 1.807) is 0 Å². The molecule has 0 spiro atoms. The third-order valence-electron chi connectivity index (χ3n) is 7.12. The summed E-state index contributed by atoms with van der Waals surface area (Å²) in [6.07, 6.45) is 37.6. The van der Waals surface area contributed by atoms with Gasteiger partial charge in [0.05, 0.1) is 0 Å². The molecule has 0 aliphatic heterocycles. The Bertz CT molecular complexity index is 348. The molecule has 192 valence electrons. The number of carbonyl (C=O) groups excluding carboxylic acids is 1. The molecule has 0 bridgehead atoms. The maximum atomic E-state index is 12.0. The smallest absolute Gasteiger partial charge is 0.132 e. The van der Waals surface area contributed by atoms with Crippen LogP contribution in [0.15, 0.2) is 0 Å². The van der Waals surface area contributed by atoms with Gasteiger partial charge in [0.2, 0.25) is 0 Å². The van der Waals surface area contributed by atoms with E-state index in [4.69, 9.17) is 0 Å². The largest absolute Gasteiger partial charge is 0.300 e. The molecule has 0 heterocycles. The molecule has 0 amide bonds. The van der Waals surface area contributed by atoms with Crippen molar-refractivity contribution >= 4 is 5.78 Å². The number of unbranched alkanes of at least 4 members (excludes halogenated alkanes) is 24. The number of rotatable bonds is 28. The van der Waals surface area contributed by atoms with Crippen LogP contribution >= 0.6 is 0 Å². The molecule has 1 nitrogen and oxygen atoms in total. The molecule has 0 fully saturated rings. The van der Waals surface area contributed by atoms with Crippen LogP contribution in [0.4, 0.5) is 0 Å². The summed E-state index contributed by atoms with van der Waals surface area (Å²) in [5.41, 5.74) is 0. The molecule has 0 aromatic carbocycles. The second-order valence-electron chi connectivity index (χ2n) is 10.5. The Morgan fingerprint density at radius 3 is 0.719 bits per heavy atom. The van der Waals surface area contributed by atoms with Crippen molar-refractivity contribution in [2.75, 3.05) is 0 Å². The number of ketones is 1. The fourth-order valence-electron chi connectivity index (χ4n) is 4.80. The minimum atomic E-state index is 0.522. The van der Waals surface area contributed by atoms with Crippen LogP contribution in [0.25, 0.3) is 0 Å². The summed E-state index contributed by atoms with van der Waals surface area (Å²) in [7, 11) is 0. The second kappa shape index (κ2) is 28.7. The van der Waals surface area contributed by atoms with E-state index in [1.807, 2.05) is 0 Å². The first-order chi connectivity index (χ1) is 15.8. The highest BCUT2D eigenvalue weighted by atomic mass is 16.1. The lowest BCUT2D eigenvalue weighted by atomic mass is 10.0. The first-order valence-electron chi connectivity index (χ1n) is 15.3. The minimum Gasteiger partial charge on any atom is -0.300 e. The van der Waals surface area contributed by atoms with E-state index in [1.165, 1.54) is 154 Å². The number of carbonyl (C=O) groups is 1. The topological polar surface area (TPSA) is 17.1 Å². The van der Waals surface area contributed by atoms with Crippen LogP contribution in [0.2, 0.25) is 0 Å². The van der Waals surface area contributed by atoms with Crippen LogP contribution < -0.4 is 0 Å². The minimum absolute atomic E-state index is 0.522. The fourth-order valence-corrected chi connectivity index (χ4v) is 4.80. The predicted octanol–water partition coefficient (Wildman–Crippen LogP) is 11.5. The Kier molecular flexibility index (Phi) is 28.4. The van der Waals surface area contributed by atoms with Crippen LogP contribution in [-0.2, 0) is 4.79 Å². The van der Waals surface area contributed by atoms with Crippen molar-refractivity contribution in [1.82, 2.24) is 0 Å². The van der Waals surface area contributed by atoms with E-state index in [0.29, 0.717) is 5.78 Å². The molecular formula is C31H62O. The van der Waals surface area contributed by atoms with Gasteiger partial charge in [-0.1, -0.05) is 168 Å². The Hall–Kier alpha value is -0.330. The van der Waals surface area contributed by atoms with E-state index in [-0.39, 0.29) is 0 Å². The summed E-state index contributed by atoms with van der Waals surface area (Å²) >= 11 is 0. The quantitative estimate of drug-likeness (QED) is 0.108. The van der Waals surface area contributed by atoms with Gasteiger partial charge in [0, 0.05) is 12.8 Å². The van der Waals surface area contributed by atoms with Crippen molar-refractivity contribution in [2.24, 2.45) is 0 Å². The molecule has 0 saturated heterocycles. The Balaban J connectivity index is 3.12. The van der Waals surface area contributed by atoms with Gasteiger partial charge < -0.3 is 0 Å². The van der Waals surface area contributed by atoms with Gasteiger partial charge >= 0.3 is 0 Å². The predicted molar refractivity (Wildman–Crippen MR) is 146 cm³/mol. The molecule has 32 heavy (non-hydrogen) atoms. The molecule has 0 rings (SSSR count). The molecule has 0 saturated carbocycles. The van der Waals surface area contributed by atoms with Crippen molar-refractivity contribution in [1.29, 1.82) is 0 Å². The zero-order valence-electron chi connectivity index (χ0n) is 22.7. The van der Waals surface area contributed by atoms with Gasteiger partial charge in [-0.2, -0.15) is 0 Å². The van der Waals surface area contributed by atoms with E-state index >= 15 is 0 Å². The van der Waals surface area contributed by atoms with E-state index in [0.717, 1.165) is 25.7 Å². The monoisotopic (exact) mass is 450 g/mol. The van der Waals surface area contributed by atoms with Gasteiger partial charge in [-0.05, 0) is 12.8 Å². The van der Waals surface area contributed by atoms with Crippen LogP contribution in [0.1, 0.15) is 194 Å². The third-order valence-corrected chi connectivity index (χ3v) is 7.12. The van der Waals surface area contributed by atoms with Gasteiger partial charge in [0.1, 0.15) is 5.78 Å². The third kappa shape index (κ3) is 27.7. The van der Waals surface area contributed by atoms with E-state index in [2.05, 4.69) is 13.8 Å². The Morgan fingerprint density at radius 2 is 0.500 bits per heavy atom. The molecule has 0 unspecified atom stereocenters. The highest BCUT2D eigenvalue weighted by Gasteiger charge is 2.02. The van der Waals surface area contributed by atoms with Crippen LogP contribution in [0, 0.1) is 0 Å². The Labute approximate surface area is 204 Å². The van der Waals surface area contributed by atoms with Crippen molar-refractivity contribution in [3.8, 4) is 0 Å². The second-order valence-corrected chi connectivity index (χ2v) is 10.5. The normalized spacial score (nSPS) is 11.3. The average Bonchev–Trinajstić information content (AvgIpc) is 2.80. The molecular weight excluding hydrogens is 388 g/mol. The molecule has 0 aromatic rings. The summed E-state index contributed by atoms with van der Waals surface area (Å²) in [5.74, 6) is 0.522. The van der Waals surface area contributed by atoms with Crippen molar-refractivity contribution in [3.63, 3.8) is 0 Å². The summed E-state index contributed by atoms with van der Waals surface area (Å²) in [4.78, 5) is 12.0. The summed E-state index contributed by atoms with van der Waals surface area (Å²) in [6, 6.07) is 0. The zero-order valence-corrected chi connectivity index (χ0v) is 22.7. The zero-order chi connectivity index (χ0) is 23.4. The molecule has 0 radical (unpaired) electrons. The number of hydrogen-bond donors (Lipinski definition) is 0. The Morgan fingerprint density at radius 1 is 0.312 bits per heavy atom. The first-order valence-corrected chi connectivity index (χ1v) is 15.3. The molecule has 1 heteroatoms. The van der Waals surface area contributed by atoms with Crippen molar-refractivity contribution in [2.45, 2.75) is 194 Å². The SMILES string of the molecule is CCCCCCCCCCCCCCCCCCCC(=O)CCCCCCCCCCC. The lowest BCUT2D eigenvalue weighted by molar-refractivity contribution is -0.119. The van der Waals surface area contributed by atoms with Crippen LogP contribution in [0.3, 0.4) is 0 Å². The highest BCUT2D eigenvalue weighted by molar-refractivity contribution is 5.78. The van der Waals surface area contributed by atoms with E-state index in [9.17, 15) is 4.79 Å². The number of Topliss-reactive ketones (excluding diaryl/α,β-unsaturated/α-hetero) is 1. The van der Waals surface area contributed by atoms with E-state index < -0.39 is 0 Å². The van der Waals surface area contributed by atoms with Crippen molar-refractivity contribution in [3.05, 3.63) is 0 Å². The molecule has 0 atom stereocenters. The fraction of sp³-hybridized carbons (Fsp3) is 0.968. The average molecular weight is 451 g/mol. The van der Waals surface area contributed by atoms with Gasteiger partial charge in [0.15, 0.2) is 0 Å². The summed E-state index contributed by atoms with van der Waals surface area (Å²) in [6.45, 7) is 4.57. The van der Waals surface area contributed by atoms with Crippen molar-refractivity contribution < 1.29 is 4.79 Å². The molecule has 0 aromatic heterocycles. The maximum Gasteiger partial charge on any atom is 0.132 e. The maximum absolute atomic E-state index is 12.0. The first kappa shape index (κ1) is 31.7. The molecule has 0 aliphatic carbocycles. The molecule has 0 N–H and O–H groups in total. The van der Waals surface area contributed by atoms with Crippen LogP contribution in [0.5, 0.6) is 0 Å². The molecule has 0 aliphatic rings. The van der Waals surface area contributed by atoms with Gasteiger partial charge in [-0.3, -0.25) is 4.79 Å². The highest BCUT2D eigenvalue weighted by Crippen LogP contribution is 2.15. The number of hydrogen-bond acceptors (Lipinski definition) is 1. The lowest BCUT2D eigenvalue weighted by Crippen LogP contribution is -1.97. The van der Waals surface area contributed by atoms with Gasteiger partial charge in [-0.15, -0.1) is 0 Å². The lowest BCUT2D eigenvalue weighted by Gasteiger charge is -2.04. The van der Waals surface area contributed by atoms with Gasteiger partial charge in [-0.25, -0.2) is 0 Å². The summed E-state index contributed by atoms with van der Waals surface area (Å²) in [5, 5.41) is 0. The van der Waals surface area contributed by atoms with Gasteiger partial charge in [0.25, 0.3) is 0 Å². The van der Waals surface area contributed by atoms with Crippen LogP contribution in [-0.4, -0.2) is 5.78 Å². The summed E-state index contributed by atoms with van der Waals surface area (Å²) < 4.78 is 0. The standard InChI is InChI=1S/C31H62O/c1-3-5-7-9-11-13-14-15-16-17-18-19-20-22-24-26-28-30-31(32)29-27-25-23-21-12-10-8-6-4-2/h3-30H2,1-2H3.